The van der Waals surface area contributed by atoms with Crippen molar-refractivity contribution < 1.29 is 13.2 Å². The Bertz CT molecular complexity index is 533. The first-order valence-electron chi connectivity index (χ1n) is 5.25. The number of sulfonamides is 1. The van der Waals surface area contributed by atoms with Crippen molar-refractivity contribution in [2.24, 2.45) is 0 Å². The summed E-state index contributed by atoms with van der Waals surface area (Å²) in [5, 5.41) is 0.0119. The number of hydrogen-bond acceptors (Lipinski definition) is 4. The zero-order valence-corrected chi connectivity index (χ0v) is 11.6. The first-order valence-corrected chi connectivity index (χ1v) is 7.48. The predicted molar refractivity (Wildman–Crippen MR) is 70.4 cm³/mol. The molecule has 0 aromatic heterocycles. The van der Waals surface area contributed by atoms with E-state index >= 15 is 0 Å². The first-order chi connectivity index (χ1) is 8.40. The number of nitrogen functional groups attached to an aromatic ring is 1. The molecule has 0 saturated carbocycles. The summed E-state index contributed by atoms with van der Waals surface area (Å²) >= 11 is 11.8. The molecule has 2 rings (SSSR count). The minimum atomic E-state index is -3.77. The number of halogens is 2. The van der Waals surface area contributed by atoms with Gasteiger partial charge in [0, 0.05) is 18.3 Å². The van der Waals surface area contributed by atoms with Crippen LogP contribution in [-0.4, -0.2) is 27.7 Å². The minimum Gasteiger partial charge on any atom is -0.399 e. The Morgan fingerprint density at radius 2 is 1.94 bits per heavy atom. The highest BCUT2D eigenvalue weighted by atomic mass is 35.5. The molecule has 8 heteroatoms. The molecule has 3 N–H and O–H groups in total. The number of hydrogen-bond donors (Lipinski definition) is 2. The highest BCUT2D eigenvalue weighted by Gasteiger charge is 2.27. The Morgan fingerprint density at radius 3 is 2.44 bits per heavy atom. The van der Waals surface area contributed by atoms with Gasteiger partial charge in [-0.2, -0.15) is 0 Å². The Morgan fingerprint density at radius 1 is 1.33 bits per heavy atom. The van der Waals surface area contributed by atoms with Crippen molar-refractivity contribution in [1.29, 1.82) is 0 Å². The second-order valence-electron chi connectivity index (χ2n) is 4.00. The third-order valence-electron chi connectivity index (χ3n) is 2.54. The van der Waals surface area contributed by atoms with Crippen molar-refractivity contribution in [3.63, 3.8) is 0 Å². The summed E-state index contributed by atoms with van der Waals surface area (Å²) in [6, 6.07) is 2.46. The average Bonchev–Trinajstić information content (AvgIpc) is 2.66. The molecule has 1 saturated heterocycles. The van der Waals surface area contributed by atoms with Crippen LogP contribution in [0.1, 0.15) is 6.42 Å². The Kier molecular flexibility index (Phi) is 4.03. The Labute approximate surface area is 115 Å². The average molecular weight is 311 g/mol. The van der Waals surface area contributed by atoms with Crippen LogP contribution in [0, 0.1) is 0 Å². The van der Waals surface area contributed by atoms with Gasteiger partial charge in [0.15, 0.2) is 0 Å². The topological polar surface area (TPSA) is 81.4 Å². The molecule has 18 heavy (non-hydrogen) atoms. The van der Waals surface area contributed by atoms with E-state index in [4.69, 9.17) is 33.7 Å². The van der Waals surface area contributed by atoms with Crippen molar-refractivity contribution in [3.05, 3.63) is 22.2 Å². The molecule has 0 bridgehead atoms. The van der Waals surface area contributed by atoms with E-state index in [0.29, 0.717) is 25.3 Å². The molecule has 0 aliphatic carbocycles. The zero-order valence-electron chi connectivity index (χ0n) is 9.32. The molecule has 100 valence electrons. The van der Waals surface area contributed by atoms with Crippen LogP contribution in [0.3, 0.4) is 0 Å². The number of anilines is 1. The van der Waals surface area contributed by atoms with Gasteiger partial charge < -0.3 is 10.5 Å². The lowest BCUT2D eigenvalue weighted by Crippen LogP contribution is -2.35. The molecule has 0 radical (unpaired) electrons. The summed E-state index contributed by atoms with van der Waals surface area (Å²) in [5.41, 5.74) is 5.84. The standard InChI is InChI=1S/C10H12Cl2N2O3S/c11-8-3-6(13)4-9(12)10(8)18(15,16)14-7-1-2-17-5-7/h3-4,7,14H,1-2,5,13H2. The largest absolute Gasteiger partial charge is 0.399 e. The van der Waals surface area contributed by atoms with E-state index in [1.807, 2.05) is 0 Å². The molecule has 1 aromatic rings. The molecule has 0 amide bonds. The van der Waals surface area contributed by atoms with E-state index in [1.54, 1.807) is 0 Å². The quantitative estimate of drug-likeness (QED) is 0.832. The number of nitrogens with two attached hydrogens (primary N) is 1. The fourth-order valence-corrected chi connectivity index (χ4v) is 4.23. The van der Waals surface area contributed by atoms with E-state index in [-0.39, 0.29) is 21.0 Å². The van der Waals surface area contributed by atoms with Gasteiger partial charge in [0.05, 0.1) is 16.7 Å². The van der Waals surface area contributed by atoms with Crippen LogP contribution in [-0.2, 0) is 14.8 Å². The molecular formula is C10H12Cl2N2O3S. The normalized spacial score (nSPS) is 20.2. The lowest BCUT2D eigenvalue weighted by molar-refractivity contribution is 0.192. The summed E-state index contributed by atoms with van der Waals surface area (Å²) in [7, 11) is -3.77. The van der Waals surface area contributed by atoms with Crippen LogP contribution in [0.15, 0.2) is 17.0 Å². The molecular weight excluding hydrogens is 299 g/mol. The fraction of sp³-hybridized carbons (Fsp3) is 0.400. The van der Waals surface area contributed by atoms with Gasteiger partial charge in [-0.25, -0.2) is 13.1 Å². The van der Waals surface area contributed by atoms with Crippen molar-refractivity contribution in [3.8, 4) is 0 Å². The third-order valence-corrected chi connectivity index (χ3v) is 4.98. The van der Waals surface area contributed by atoms with Crippen molar-refractivity contribution in [1.82, 2.24) is 4.72 Å². The maximum Gasteiger partial charge on any atom is 0.243 e. The molecule has 1 aliphatic heterocycles. The maximum atomic E-state index is 12.2. The highest BCUT2D eigenvalue weighted by Crippen LogP contribution is 2.32. The lowest BCUT2D eigenvalue weighted by atomic mass is 10.3. The van der Waals surface area contributed by atoms with Gasteiger partial charge in [-0.3, -0.25) is 0 Å². The molecule has 1 unspecified atom stereocenters. The third kappa shape index (κ3) is 2.89. The maximum absolute atomic E-state index is 12.2. The van der Waals surface area contributed by atoms with Gasteiger partial charge in [0.2, 0.25) is 10.0 Å². The summed E-state index contributed by atoms with van der Waals surface area (Å²) in [6.45, 7) is 0.889. The SMILES string of the molecule is Nc1cc(Cl)c(S(=O)(=O)NC2CCOC2)c(Cl)c1. The van der Waals surface area contributed by atoms with E-state index in [0.717, 1.165) is 0 Å². The van der Waals surface area contributed by atoms with Gasteiger partial charge in [0.25, 0.3) is 0 Å². The number of benzene rings is 1. The van der Waals surface area contributed by atoms with Crippen LogP contribution < -0.4 is 10.5 Å². The summed E-state index contributed by atoms with van der Waals surface area (Å²) in [6.07, 6.45) is 0.628. The second-order valence-corrected chi connectivity index (χ2v) is 6.46. The zero-order chi connectivity index (χ0) is 13.3. The first kappa shape index (κ1) is 13.9. The van der Waals surface area contributed by atoms with Crippen LogP contribution in [0.2, 0.25) is 10.0 Å². The van der Waals surface area contributed by atoms with E-state index < -0.39 is 10.0 Å². The van der Waals surface area contributed by atoms with Gasteiger partial charge >= 0.3 is 0 Å². The Hall–Kier alpha value is -0.530. The van der Waals surface area contributed by atoms with E-state index in [2.05, 4.69) is 4.72 Å². The van der Waals surface area contributed by atoms with Gasteiger partial charge in [-0.15, -0.1) is 0 Å². The number of rotatable bonds is 3. The molecule has 1 aliphatic rings. The second kappa shape index (κ2) is 5.22. The molecule has 1 aromatic carbocycles. The molecule has 1 fully saturated rings. The van der Waals surface area contributed by atoms with Crippen molar-refractivity contribution in [2.45, 2.75) is 17.4 Å². The smallest absolute Gasteiger partial charge is 0.243 e. The summed E-state index contributed by atoms with van der Waals surface area (Å²) < 4.78 is 31.9. The van der Waals surface area contributed by atoms with Crippen LogP contribution in [0.25, 0.3) is 0 Å². The van der Waals surface area contributed by atoms with Crippen LogP contribution >= 0.6 is 23.2 Å². The molecule has 1 heterocycles. The Balaban J connectivity index is 2.34. The number of ether oxygens (including phenoxy) is 1. The fourth-order valence-electron chi connectivity index (χ4n) is 1.74. The van der Waals surface area contributed by atoms with Gasteiger partial charge in [-0.05, 0) is 18.6 Å². The lowest BCUT2D eigenvalue weighted by Gasteiger charge is -2.14. The van der Waals surface area contributed by atoms with Gasteiger partial charge in [0.1, 0.15) is 4.90 Å². The molecule has 1 atom stereocenters. The molecule has 0 spiro atoms. The van der Waals surface area contributed by atoms with E-state index in [1.165, 1.54) is 12.1 Å². The van der Waals surface area contributed by atoms with E-state index in [9.17, 15) is 8.42 Å². The van der Waals surface area contributed by atoms with Crippen LogP contribution in [0.4, 0.5) is 5.69 Å². The van der Waals surface area contributed by atoms with Crippen molar-refractivity contribution >= 4 is 38.9 Å². The summed E-state index contributed by atoms with van der Waals surface area (Å²) in [5.74, 6) is 0. The van der Waals surface area contributed by atoms with Crippen molar-refractivity contribution in [2.75, 3.05) is 18.9 Å². The minimum absolute atomic E-state index is 0.00594. The number of nitrogens with one attached hydrogen (secondary N) is 1. The predicted octanol–water partition coefficient (Wildman–Crippen LogP) is 1.64. The van der Waals surface area contributed by atoms with Crippen LogP contribution in [0.5, 0.6) is 0 Å². The monoisotopic (exact) mass is 310 g/mol. The van der Waals surface area contributed by atoms with Gasteiger partial charge in [-0.1, -0.05) is 23.2 Å². The molecule has 5 nitrogen and oxygen atoms in total. The highest BCUT2D eigenvalue weighted by molar-refractivity contribution is 7.89. The summed E-state index contributed by atoms with van der Waals surface area (Å²) in [4.78, 5) is -0.146.